The van der Waals surface area contributed by atoms with Gasteiger partial charge in [0.05, 0.1) is 17.1 Å². The van der Waals surface area contributed by atoms with Gasteiger partial charge < -0.3 is 10.6 Å². The second-order valence-corrected chi connectivity index (χ2v) is 6.51. The SMILES string of the molecule is CC(C)NCC(=O)Nc1cc(S(C)(=O)=O)ccc1F. The van der Waals surface area contributed by atoms with Crippen LogP contribution in [0.2, 0.25) is 0 Å². The molecule has 0 atom stereocenters. The van der Waals surface area contributed by atoms with Crippen LogP contribution in [0.15, 0.2) is 23.1 Å². The quantitative estimate of drug-likeness (QED) is 0.797. The van der Waals surface area contributed by atoms with Crippen molar-refractivity contribution >= 4 is 21.4 Å². The molecule has 1 rings (SSSR count). The number of halogens is 1. The van der Waals surface area contributed by atoms with E-state index in [9.17, 15) is 17.6 Å². The van der Waals surface area contributed by atoms with Crippen molar-refractivity contribution in [2.24, 2.45) is 0 Å². The molecule has 1 aromatic carbocycles. The number of hydrogen-bond acceptors (Lipinski definition) is 4. The average Bonchev–Trinajstić information content (AvgIpc) is 2.28. The van der Waals surface area contributed by atoms with Gasteiger partial charge >= 0.3 is 0 Å². The monoisotopic (exact) mass is 288 g/mol. The minimum atomic E-state index is -3.44. The molecule has 0 unspecified atom stereocenters. The van der Waals surface area contributed by atoms with Gasteiger partial charge in [-0.2, -0.15) is 0 Å². The van der Waals surface area contributed by atoms with Gasteiger partial charge in [-0.25, -0.2) is 12.8 Å². The van der Waals surface area contributed by atoms with Crippen LogP contribution in [0.1, 0.15) is 13.8 Å². The molecule has 2 N–H and O–H groups in total. The van der Waals surface area contributed by atoms with Crippen molar-refractivity contribution in [2.75, 3.05) is 18.1 Å². The highest BCUT2D eigenvalue weighted by molar-refractivity contribution is 7.90. The number of hydrogen-bond donors (Lipinski definition) is 2. The van der Waals surface area contributed by atoms with E-state index in [1.165, 1.54) is 0 Å². The summed E-state index contributed by atoms with van der Waals surface area (Å²) in [6, 6.07) is 3.41. The summed E-state index contributed by atoms with van der Waals surface area (Å²) in [5, 5.41) is 5.21. The normalized spacial score (nSPS) is 11.6. The molecule has 0 aromatic heterocycles. The molecule has 0 bridgehead atoms. The smallest absolute Gasteiger partial charge is 0.238 e. The molecule has 0 aliphatic heterocycles. The predicted octanol–water partition coefficient (Wildman–Crippen LogP) is 1.17. The van der Waals surface area contributed by atoms with Crippen LogP contribution in [0.25, 0.3) is 0 Å². The number of benzene rings is 1. The number of rotatable bonds is 5. The van der Waals surface area contributed by atoms with E-state index in [1.807, 2.05) is 13.8 Å². The van der Waals surface area contributed by atoms with E-state index in [2.05, 4.69) is 10.6 Å². The van der Waals surface area contributed by atoms with E-state index in [4.69, 9.17) is 0 Å². The van der Waals surface area contributed by atoms with Crippen molar-refractivity contribution in [1.29, 1.82) is 0 Å². The predicted molar refractivity (Wildman–Crippen MR) is 71.3 cm³/mol. The fourth-order valence-corrected chi connectivity index (χ4v) is 1.97. The van der Waals surface area contributed by atoms with Gasteiger partial charge in [-0.3, -0.25) is 4.79 Å². The molecule has 1 amide bonds. The van der Waals surface area contributed by atoms with Gasteiger partial charge in [0.1, 0.15) is 5.82 Å². The summed E-state index contributed by atoms with van der Waals surface area (Å²) in [6.07, 6.45) is 1.02. The van der Waals surface area contributed by atoms with Crippen molar-refractivity contribution in [3.05, 3.63) is 24.0 Å². The van der Waals surface area contributed by atoms with Crippen molar-refractivity contribution in [3.8, 4) is 0 Å². The van der Waals surface area contributed by atoms with Crippen LogP contribution in [-0.2, 0) is 14.6 Å². The van der Waals surface area contributed by atoms with Crippen molar-refractivity contribution in [1.82, 2.24) is 5.32 Å². The number of carbonyl (C=O) groups is 1. The van der Waals surface area contributed by atoms with Gasteiger partial charge in [-0.05, 0) is 18.2 Å². The molecule has 0 heterocycles. The molecular formula is C12H17FN2O3S. The summed E-state index contributed by atoms with van der Waals surface area (Å²) in [5.74, 6) is -1.11. The Hall–Kier alpha value is -1.47. The first-order chi connectivity index (χ1) is 8.70. The molecule has 0 aliphatic carbocycles. The number of sulfone groups is 1. The molecule has 19 heavy (non-hydrogen) atoms. The van der Waals surface area contributed by atoms with Gasteiger partial charge in [-0.1, -0.05) is 13.8 Å². The van der Waals surface area contributed by atoms with E-state index in [-0.39, 0.29) is 23.2 Å². The fraction of sp³-hybridized carbons (Fsp3) is 0.417. The fourth-order valence-electron chi connectivity index (χ4n) is 1.32. The lowest BCUT2D eigenvalue weighted by molar-refractivity contribution is -0.115. The first-order valence-electron chi connectivity index (χ1n) is 5.73. The zero-order valence-electron chi connectivity index (χ0n) is 11.0. The second kappa shape index (κ2) is 6.12. The average molecular weight is 288 g/mol. The van der Waals surface area contributed by atoms with Crippen LogP contribution in [0.3, 0.4) is 0 Å². The van der Waals surface area contributed by atoms with E-state index >= 15 is 0 Å². The van der Waals surface area contributed by atoms with E-state index < -0.39 is 21.6 Å². The maximum atomic E-state index is 13.5. The topological polar surface area (TPSA) is 75.3 Å². The Bertz CT molecular complexity index is 570. The second-order valence-electron chi connectivity index (χ2n) is 4.50. The number of carbonyl (C=O) groups excluding carboxylic acids is 1. The maximum absolute atomic E-state index is 13.5. The third kappa shape index (κ3) is 4.96. The van der Waals surface area contributed by atoms with Crippen molar-refractivity contribution in [2.45, 2.75) is 24.8 Å². The summed E-state index contributed by atoms with van der Waals surface area (Å²) < 4.78 is 36.2. The minimum Gasteiger partial charge on any atom is -0.322 e. The molecule has 1 aromatic rings. The Balaban J connectivity index is 2.86. The highest BCUT2D eigenvalue weighted by atomic mass is 32.2. The molecule has 0 fully saturated rings. The summed E-state index contributed by atoms with van der Waals surface area (Å²) >= 11 is 0. The lowest BCUT2D eigenvalue weighted by atomic mass is 10.3. The summed E-state index contributed by atoms with van der Waals surface area (Å²) in [7, 11) is -3.44. The third-order valence-corrected chi connectivity index (χ3v) is 3.42. The zero-order valence-corrected chi connectivity index (χ0v) is 11.8. The van der Waals surface area contributed by atoms with Gasteiger partial charge in [0.2, 0.25) is 5.91 Å². The minimum absolute atomic E-state index is 0.0280. The molecule has 7 heteroatoms. The Kier molecular flexibility index (Phi) is 5.02. The number of anilines is 1. The number of amides is 1. The Labute approximate surface area is 112 Å². The van der Waals surface area contributed by atoms with Crippen LogP contribution in [0.4, 0.5) is 10.1 Å². The Morgan fingerprint density at radius 1 is 1.37 bits per heavy atom. The third-order valence-electron chi connectivity index (χ3n) is 2.31. The molecule has 0 spiro atoms. The molecule has 0 aliphatic rings. The van der Waals surface area contributed by atoms with Gasteiger partial charge in [0.15, 0.2) is 9.84 Å². The van der Waals surface area contributed by atoms with Crippen LogP contribution in [-0.4, -0.2) is 33.2 Å². The Morgan fingerprint density at radius 2 is 2.00 bits per heavy atom. The van der Waals surface area contributed by atoms with E-state index in [0.717, 1.165) is 24.5 Å². The lowest BCUT2D eigenvalue weighted by Gasteiger charge is -2.10. The molecular weight excluding hydrogens is 271 g/mol. The summed E-state index contributed by atoms with van der Waals surface area (Å²) in [4.78, 5) is 11.5. The standard InChI is InChI=1S/C12H17FN2O3S/c1-8(2)14-7-12(16)15-11-6-9(19(3,17)18)4-5-10(11)13/h4-6,8,14H,7H2,1-3H3,(H,15,16). The molecule has 0 saturated heterocycles. The number of nitrogens with one attached hydrogen (secondary N) is 2. The Morgan fingerprint density at radius 3 is 2.53 bits per heavy atom. The highest BCUT2D eigenvalue weighted by Crippen LogP contribution is 2.19. The van der Waals surface area contributed by atoms with Gasteiger partial charge in [0.25, 0.3) is 0 Å². The maximum Gasteiger partial charge on any atom is 0.238 e. The zero-order chi connectivity index (χ0) is 14.6. The van der Waals surface area contributed by atoms with E-state index in [1.54, 1.807) is 0 Å². The molecule has 0 radical (unpaired) electrons. The van der Waals surface area contributed by atoms with Crippen LogP contribution >= 0.6 is 0 Å². The van der Waals surface area contributed by atoms with Crippen LogP contribution in [0, 0.1) is 5.82 Å². The first kappa shape index (κ1) is 15.6. The van der Waals surface area contributed by atoms with Crippen LogP contribution in [0.5, 0.6) is 0 Å². The lowest BCUT2D eigenvalue weighted by Crippen LogP contribution is -2.32. The molecule has 0 saturated carbocycles. The van der Waals surface area contributed by atoms with Crippen molar-refractivity contribution < 1.29 is 17.6 Å². The highest BCUT2D eigenvalue weighted by Gasteiger charge is 2.13. The summed E-state index contributed by atoms with van der Waals surface area (Å²) in [6.45, 7) is 3.77. The largest absolute Gasteiger partial charge is 0.322 e. The van der Waals surface area contributed by atoms with Crippen molar-refractivity contribution in [3.63, 3.8) is 0 Å². The molecule has 5 nitrogen and oxygen atoms in total. The van der Waals surface area contributed by atoms with Gasteiger partial charge in [0, 0.05) is 12.3 Å². The molecule has 106 valence electrons. The van der Waals surface area contributed by atoms with E-state index in [0.29, 0.717) is 0 Å². The first-order valence-corrected chi connectivity index (χ1v) is 7.62. The van der Waals surface area contributed by atoms with Crippen LogP contribution < -0.4 is 10.6 Å². The summed E-state index contributed by atoms with van der Waals surface area (Å²) in [5.41, 5.74) is -0.140. The van der Waals surface area contributed by atoms with Gasteiger partial charge in [-0.15, -0.1) is 0 Å².